The van der Waals surface area contributed by atoms with Gasteiger partial charge in [0.2, 0.25) is 0 Å². The Balaban J connectivity index is 4.68. The summed E-state index contributed by atoms with van der Waals surface area (Å²) in [6, 6.07) is 0. The average molecular weight is 190 g/mol. The lowest BCUT2D eigenvalue weighted by Crippen LogP contribution is -2.28. The summed E-state index contributed by atoms with van der Waals surface area (Å²) in [5, 5.41) is -4.25. The van der Waals surface area contributed by atoms with Gasteiger partial charge in [-0.25, -0.2) is 0 Å². The Kier molecular flexibility index (Phi) is 3.06. The van der Waals surface area contributed by atoms with Crippen molar-refractivity contribution in [2.45, 2.75) is 11.7 Å². The van der Waals surface area contributed by atoms with Gasteiger partial charge in [0.15, 0.2) is 0 Å². The Morgan fingerprint density at radius 3 is 2.27 bits per heavy atom. The Labute approximate surface area is 61.5 Å². The minimum Gasteiger partial charge on any atom is -0.190 e. The van der Waals surface area contributed by atoms with Crippen molar-refractivity contribution in [3.8, 4) is 0 Å². The van der Waals surface area contributed by atoms with Crippen LogP contribution in [0.15, 0.2) is 12.7 Å². The molecule has 0 fully saturated rings. The molecule has 0 unspecified atom stereocenters. The van der Waals surface area contributed by atoms with Crippen molar-refractivity contribution >= 4 is 10.1 Å². The Hall–Kier alpha value is -0.560. The fraction of sp³-hybridized carbons (Fsp3) is 0.500. The molecule has 0 radical (unpaired) electrons. The van der Waals surface area contributed by atoms with E-state index in [0.717, 1.165) is 0 Å². The van der Waals surface area contributed by atoms with Gasteiger partial charge in [0.1, 0.15) is 0 Å². The maximum atomic E-state index is 12.2. The van der Waals surface area contributed by atoms with E-state index in [1.165, 1.54) is 0 Å². The lowest BCUT2D eigenvalue weighted by Gasteiger charge is -2.09. The summed E-state index contributed by atoms with van der Waals surface area (Å²) in [5.74, 6) is 0. The minimum atomic E-state index is -5.43. The SMILES string of the molecule is C=CCC(F)(F)S(=O)(=O)OF. The van der Waals surface area contributed by atoms with E-state index in [0.29, 0.717) is 6.08 Å². The summed E-state index contributed by atoms with van der Waals surface area (Å²) in [5.41, 5.74) is 0. The molecular weight excluding hydrogens is 185 g/mol. The van der Waals surface area contributed by atoms with Gasteiger partial charge in [0, 0.05) is 6.42 Å². The first-order valence-electron chi connectivity index (χ1n) is 2.41. The number of hydrogen-bond donors (Lipinski definition) is 0. The maximum absolute atomic E-state index is 12.2. The first-order valence-corrected chi connectivity index (χ1v) is 3.81. The highest BCUT2D eigenvalue weighted by molar-refractivity contribution is 7.87. The van der Waals surface area contributed by atoms with Crippen molar-refractivity contribution in [2.75, 3.05) is 0 Å². The summed E-state index contributed by atoms with van der Waals surface area (Å²) in [4.78, 5) is 0. The van der Waals surface area contributed by atoms with Crippen molar-refractivity contribution in [3.63, 3.8) is 0 Å². The Morgan fingerprint density at radius 1 is 1.55 bits per heavy atom. The third kappa shape index (κ3) is 2.19. The van der Waals surface area contributed by atoms with Gasteiger partial charge in [0.25, 0.3) is 0 Å². The molecule has 0 aliphatic heterocycles. The normalized spacial score (nSPS) is 13.0. The highest BCUT2D eigenvalue weighted by Gasteiger charge is 2.45. The lowest BCUT2D eigenvalue weighted by atomic mass is 10.4. The number of hydrogen-bond acceptors (Lipinski definition) is 3. The predicted molar refractivity (Wildman–Crippen MR) is 30.9 cm³/mol. The summed E-state index contributed by atoms with van der Waals surface area (Å²) in [6.45, 7) is 2.87. The summed E-state index contributed by atoms with van der Waals surface area (Å²) in [7, 11) is -5.43. The van der Waals surface area contributed by atoms with Gasteiger partial charge in [-0.15, -0.1) is 6.58 Å². The predicted octanol–water partition coefficient (Wildman–Crippen LogP) is 1.39. The van der Waals surface area contributed by atoms with Crippen LogP contribution in [0.2, 0.25) is 0 Å². The van der Waals surface area contributed by atoms with Gasteiger partial charge < -0.3 is 0 Å². The standard InChI is InChI=1S/C4H5F3O3S/c1-2-3-4(5,6)11(8,9)10-7/h2H,1,3H2. The van der Waals surface area contributed by atoms with E-state index in [-0.39, 0.29) is 0 Å². The molecule has 0 aliphatic rings. The number of rotatable bonds is 4. The van der Waals surface area contributed by atoms with Crippen LogP contribution in [0.1, 0.15) is 6.42 Å². The molecule has 66 valence electrons. The van der Waals surface area contributed by atoms with Crippen molar-refractivity contribution in [1.29, 1.82) is 0 Å². The average Bonchev–Trinajstić information content (AvgIpc) is 1.87. The van der Waals surface area contributed by atoms with Gasteiger partial charge in [-0.3, -0.25) is 0 Å². The Morgan fingerprint density at radius 2 is 2.00 bits per heavy atom. The van der Waals surface area contributed by atoms with Crippen LogP contribution in [0.25, 0.3) is 0 Å². The molecule has 0 aliphatic carbocycles. The summed E-state index contributed by atoms with van der Waals surface area (Å²) < 4.78 is 57.5. The quantitative estimate of drug-likeness (QED) is 0.629. The highest BCUT2D eigenvalue weighted by atomic mass is 32.2. The molecule has 11 heavy (non-hydrogen) atoms. The van der Waals surface area contributed by atoms with Crippen molar-refractivity contribution in [2.24, 2.45) is 0 Å². The first kappa shape index (κ1) is 10.4. The molecule has 7 heteroatoms. The monoisotopic (exact) mass is 190 g/mol. The second kappa shape index (κ2) is 3.22. The molecule has 0 spiro atoms. The molecule has 0 aromatic carbocycles. The van der Waals surface area contributed by atoms with E-state index in [9.17, 15) is 21.7 Å². The third-order valence-electron chi connectivity index (χ3n) is 0.831. The molecule has 0 saturated carbocycles. The van der Waals surface area contributed by atoms with E-state index in [1.807, 2.05) is 0 Å². The van der Waals surface area contributed by atoms with Gasteiger partial charge in [-0.2, -0.15) is 17.2 Å². The molecule has 0 amide bonds. The van der Waals surface area contributed by atoms with Gasteiger partial charge in [0.05, 0.1) is 0 Å². The molecule has 0 aromatic rings. The van der Waals surface area contributed by atoms with E-state index >= 15 is 0 Å². The summed E-state index contributed by atoms with van der Waals surface area (Å²) >= 11 is 0. The van der Waals surface area contributed by atoms with E-state index in [1.54, 1.807) is 0 Å². The zero-order chi connectivity index (χ0) is 9.12. The maximum Gasteiger partial charge on any atom is 0.376 e. The zero-order valence-corrected chi connectivity index (χ0v) is 6.07. The third-order valence-corrected chi connectivity index (χ3v) is 1.89. The van der Waals surface area contributed by atoms with Crippen LogP contribution in [0, 0.1) is 0 Å². The molecule has 0 rings (SSSR count). The van der Waals surface area contributed by atoms with Crippen LogP contribution in [0.5, 0.6) is 0 Å². The molecule has 3 nitrogen and oxygen atoms in total. The molecule has 0 atom stereocenters. The number of alkyl halides is 2. The van der Waals surface area contributed by atoms with E-state index in [2.05, 4.69) is 11.0 Å². The van der Waals surface area contributed by atoms with Gasteiger partial charge in [-0.1, -0.05) is 10.5 Å². The summed E-state index contributed by atoms with van der Waals surface area (Å²) in [6.07, 6.45) is -0.532. The van der Waals surface area contributed by atoms with Crippen LogP contribution < -0.4 is 0 Å². The highest BCUT2D eigenvalue weighted by Crippen LogP contribution is 2.27. The first-order chi connectivity index (χ1) is 4.87. The zero-order valence-electron chi connectivity index (χ0n) is 5.26. The lowest BCUT2D eigenvalue weighted by molar-refractivity contribution is -0.0267. The topological polar surface area (TPSA) is 43.4 Å². The fourth-order valence-corrected chi connectivity index (χ4v) is 0.730. The minimum absolute atomic E-state index is 0.649. The van der Waals surface area contributed by atoms with E-state index < -0.39 is 21.8 Å². The van der Waals surface area contributed by atoms with E-state index in [4.69, 9.17) is 0 Å². The fourth-order valence-electron chi connectivity index (χ4n) is 0.316. The molecule has 0 N–H and O–H groups in total. The van der Waals surface area contributed by atoms with Crippen LogP contribution in [-0.4, -0.2) is 13.7 Å². The molecular formula is C4H5F3O3S. The van der Waals surface area contributed by atoms with Crippen molar-refractivity contribution in [1.82, 2.24) is 0 Å². The van der Waals surface area contributed by atoms with Crippen LogP contribution in [0.4, 0.5) is 13.3 Å². The van der Waals surface area contributed by atoms with Gasteiger partial charge in [-0.05, 0) is 4.53 Å². The number of halogens is 3. The largest absolute Gasteiger partial charge is 0.376 e. The van der Waals surface area contributed by atoms with Crippen LogP contribution >= 0.6 is 0 Å². The van der Waals surface area contributed by atoms with Crippen LogP contribution in [0.3, 0.4) is 0 Å². The molecule has 0 heterocycles. The second-order valence-electron chi connectivity index (χ2n) is 1.65. The molecule has 0 aromatic heterocycles. The van der Waals surface area contributed by atoms with Crippen molar-refractivity contribution < 1.29 is 26.1 Å². The molecule has 0 bridgehead atoms. The second-order valence-corrected chi connectivity index (χ2v) is 3.28. The van der Waals surface area contributed by atoms with Gasteiger partial charge >= 0.3 is 15.4 Å². The smallest absolute Gasteiger partial charge is 0.190 e. The van der Waals surface area contributed by atoms with Crippen LogP contribution in [-0.2, 0) is 14.5 Å². The number of allylic oxidation sites excluding steroid dienone is 1. The van der Waals surface area contributed by atoms with Crippen molar-refractivity contribution in [3.05, 3.63) is 12.7 Å². The Bertz CT molecular complexity index is 233. The molecule has 0 saturated heterocycles.